The Morgan fingerprint density at radius 1 is 1.11 bits per heavy atom. The van der Waals surface area contributed by atoms with Gasteiger partial charge in [0.25, 0.3) is 0 Å². The van der Waals surface area contributed by atoms with Crippen molar-refractivity contribution in [3.63, 3.8) is 0 Å². The summed E-state index contributed by atoms with van der Waals surface area (Å²) in [6.45, 7) is 11.6. The highest BCUT2D eigenvalue weighted by atomic mass is 16.7. The first-order valence-electron chi connectivity index (χ1n) is 6.72. The summed E-state index contributed by atoms with van der Waals surface area (Å²) in [6.07, 6.45) is 0. The first-order valence-corrected chi connectivity index (χ1v) is 6.72. The Labute approximate surface area is 116 Å². The van der Waals surface area contributed by atoms with E-state index >= 15 is 0 Å². The molecule has 0 spiro atoms. The highest BCUT2D eigenvalue weighted by Crippen LogP contribution is 2.25. The topological polar surface area (TPSA) is 67.5 Å². The standard InChI is InChI=1S/C13H22N2O2.C2H6/c1-12(2,16)13(3,4)17-15-11-7-5-10(9-14)6-8-11;1-2/h5-8,15-16H,9,14H2,1-4H3;1-2H3. The Bertz CT molecular complexity index is 353. The van der Waals surface area contributed by atoms with E-state index in [0.717, 1.165) is 11.3 Å². The third-order valence-electron chi connectivity index (χ3n) is 3.09. The molecule has 0 aliphatic heterocycles. The van der Waals surface area contributed by atoms with Crippen molar-refractivity contribution in [3.8, 4) is 0 Å². The molecular weight excluding hydrogens is 240 g/mol. The predicted molar refractivity (Wildman–Crippen MR) is 80.8 cm³/mol. The van der Waals surface area contributed by atoms with Crippen molar-refractivity contribution in [1.29, 1.82) is 0 Å². The second-order valence-electron chi connectivity index (χ2n) is 5.17. The van der Waals surface area contributed by atoms with Gasteiger partial charge in [-0.25, -0.2) is 0 Å². The minimum Gasteiger partial charge on any atom is -0.387 e. The molecule has 1 aromatic carbocycles. The fourth-order valence-electron chi connectivity index (χ4n) is 1.02. The van der Waals surface area contributed by atoms with Gasteiger partial charge in [0.05, 0.1) is 11.3 Å². The van der Waals surface area contributed by atoms with E-state index in [0.29, 0.717) is 6.54 Å². The lowest BCUT2D eigenvalue weighted by molar-refractivity contribution is -0.130. The minimum atomic E-state index is -0.933. The highest BCUT2D eigenvalue weighted by molar-refractivity contribution is 5.42. The van der Waals surface area contributed by atoms with Crippen molar-refractivity contribution in [2.45, 2.75) is 59.3 Å². The van der Waals surface area contributed by atoms with E-state index in [1.54, 1.807) is 13.8 Å². The van der Waals surface area contributed by atoms with Crippen LogP contribution in [-0.4, -0.2) is 16.3 Å². The number of nitrogens with one attached hydrogen (secondary N) is 1. The van der Waals surface area contributed by atoms with Crippen molar-refractivity contribution in [2.75, 3.05) is 5.48 Å². The number of hydrogen-bond acceptors (Lipinski definition) is 4. The summed E-state index contributed by atoms with van der Waals surface area (Å²) < 4.78 is 0. The van der Waals surface area contributed by atoms with Gasteiger partial charge in [0.15, 0.2) is 0 Å². The highest BCUT2D eigenvalue weighted by Gasteiger charge is 2.36. The maximum absolute atomic E-state index is 9.92. The van der Waals surface area contributed by atoms with E-state index in [9.17, 15) is 5.11 Å². The Morgan fingerprint density at radius 3 is 1.95 bits per heavy atom. The number of nitrogens with two attached hydrogens (primary N) is 1. The summed E-state index contributed by atoms with van der Waals surface area (Å²) >= 11 is 0. The van der Waals surface area contributed by atoms with E-state index in [1.165, 1.54) is 0 Å². The molecule has 0 unspecified atom stereocenters. The third-order valence-corrected chi connectivity index (χ3v) is 3.09. The molecule has 4 heteroatoms. The van der Waals surface area contributed by atoms with Crippen LogP contribution in [0.4, 0.5) is 5.69 Å². The van der Waals surface area contributed by atoms with Crippen LogP contribution in [0.25, 0.3) is 0 Å². The molecule has 4 N–H and O–H groups in total. The Kier molecular flexibility index (Phi) is 7.05. The zero-order valence-electron chi connectivity index (χ0n) is 12.9. The van der Waals surface area contributed by atoms with Gasteiger partial charge in [0.2, 0.25) is 0 Å². The van der Waals surface area contributed by atoms with Gasteiger partial charge in [-0.15, -0.1) is 0 Å². The maximum Gasteiger partial charge on any atom is 0.118 e. The van der Waals surface area contributed by atoms with Crippen LogP contribution in [0.3, 0.4) is 0 Å². The van der Waals surface area contributed by atoms with Gasteiger partial charge in [-0.2, -0.15) is 0 Å². The molecule has 0 saturated heterocycles. The first kappa shape index (κ1) is 17.9. The van der Waals surface area contributed by atoms with E-state index in [-0.39, 0.29) is 0 Å². The van der Waals surface area contributed by atoms with E-state index < -0.39 is 11.2 Å². The van der Waals surface area contributed by atoms with Gasteiger partial charge in [0.1, 0.15) is 5.60 Å². The molecule has 0 fully saturated rings. The molecule has 0 saturated carbocycles. The summed E-state index contributed by atoms with van der Waals surface area (Å²) in [4.78, 5) is 5.52. The Hall–Kier alpha value is -1.10. The molecule has 0 radical (unpaired) electrons. The molecule has 1 rings (SSSR count). The predicted octanol–water partition coefficient (Wildman–Crippen LogP) is 3.06. The molecule has 110 valence electrons. The van der Waals surface area contributed by atoms with E-state index in [2.05, 4.69) is 5.48 Å². The number of hydrogen-bond donors (Lipinski definition) is 3. The van der Waals surface area contributed by atoms with Crippen LogP contribution < -0.4 is 11.2 Å². The lowest BCUT2D eigenvalue weighted by Gasteiger charge is -2.36. The SMILES string of the molecule is CC.CC(C)(O)C(C)(C)ONc1ccc(CN)cc1. The molecule has 0 amide bonds. The molecular formula is C15H28N2O2. The van der Waals surface area contributed by atoms with E-state index in [4.69, 9.17) is 10.6 Å². The number of rotatable bonds is 5. The largest absolute Gasteiger partial charge is 0.387 e. The normalized spacial score (nSPS) is 11.6. The van der Waals surface area contributed by atoms with Crippen molar-refractivity contribution in [3.05, 3.63) is 29.8 Å². The van der Waals surface area contributed by atoms with Gasteiger partial charge in [-0.1, -0.05) is 26.0 Å². The quantitative estimate of drug-likeness (QED) is 0.718. The van der Waals surface area contributed by atoms with Crippen molar-refractivity contribution < 1.29 is 9.94 Å². The van der Waals surface area contributed by atoms with Gasteiger partial charge >= 0.3 is 0 Å². The fraction of sp³-hybridized carbons (Fsp3) is 0.600. The summed E-state index contributed by atoms with van der Waals surface area (Å²) in [5.74, 6) is 0. The Morgan fingerprint density at radius 2 is 1.58 bits per heavy atom. The van der Waals surface area contributed by atoms with Gasteiger partial charge in [0, 0.05) is 6.54 Å². The van der Waals surface area contributed by atoms with Crippen molar-refractivity contribution in [1.82, 2.24) is 0 Å². The van der Waals surface area contributed by atoms with Crippen molar-refractivity contribution >= 4 is 5.69 Å². The van der Waals surface area contributed by atoms with Crippen LogP contribution in [0, 0.1) is 0 Å². The summed E-state index contributed by atoms with van der Waals surface area (Å²) in [5, 5.41) is 9.92. The van der Waals surface area contributed by atoms with Gasteiger partial charge in [-0.3, -0.25) is 10.3 Å². The maximum atomic E-state index is 9.92. The molecule has 0 aromatic heterocycles. The average Bonchev–Trinajstić information content (AvgIpc) is 2.38. The molecule has 0 bridgehead atoms. The summed E-state index contributed by atoms with van der Waals surface area (Å²) in [7, 11) is 0. The first-order chi connectivity index (χ1) is 8.76. The van der Waals surface area contributed by atoms with Gasteiger partial charge in [-0.05, 0) is 45.4 Å². The molecule has 1 aromatic rings. The monoisotopic (exact) mass is 268 g/mol. The zero-order chi connectivity index (χ0) is 15.1. The molecule has 0 heterocycles. The Balaban J connectivity index is 0.00000154. The smallest absolute Gasteiger partial charge is 0.118 e. The van der Waals surface area contributed by atoms with Crippen LogP contribution in [0.15, 0.2) is 24.3 Å². The van der Waals surface area contributed by atoms with Crippen LogP contribution in [-0.2, 0) is 11.4 Å². The second kappa shape index (κ2) is 7.48. The fourth-order valence-corrected chi connectivity index (χ4v) is 1.02. The molecule has 0 aliphatic carbocycles. The number of aliphatic hydroxyl groups is 1. The number of benzene rings is 1. The van der Waals surface area contributed by atoms with Crippen molar-refractivity contribution in [2.24, 2.45) is 5.73 Å². The van der Waals surface area contributed by atoms with Crippen LogP contribution >= 0.6 is 0 Å². The summed E-state index contributed by atoms with van der Waals surface area (Å²) in [5.41, 5.74) is 8.63. The van der Waals surface area contributed by atoms with Gasteiger partial charge < -0.3 is 10.8 Å². The number of anilines is 1. The summed E-state index contributed by atoms with van der Waals surface area (Å²) in [6, 6.07) is 7.65. The molecule has 19 heavy (non-hydrogen) atoms. The van der Waals surface area contributed by atoms with E-state index in [1.807, 2.05) is 52.0 Å². The average molecular weight is 268 g/mol. The van der Waals surface area contributed by atoms with Crippen LogP contribution in [0.2, 0.25) is 0 Å². The van der Waals surface area contributed by atoms with Crippen LogP contribution in [0.1, 0.15) is 47.1 Å². The van der Waals surface area contributed by atoms with Crippen LogP contribution in [0.5, 0.6) is 0 Å². The molecule has 4 nitrogen and oxygen atoms in total. The minimum absolute atomic E-state index is 0.524. The lowest BCUT2D eigenvalue weighted by Crippen LogP contribution is -2.48. The molecule has 0 aliphatic rings. The third kappa shape index (κ3) is 5.59. The second-order valence-corrected chi connectivity index (χ2v) is 5.17. The molecule has 0 atom stereocenters. The zero-order valence-corrected chi connectivity index (χ0v) is 12.9. The lowest BCUT2D eigenvalue weighted by atomic mass is 9.90.